The third kappa shape index (κ3) is 6.22. The molecular formula is C31H42O6. The van der Waals surface area contributed by atoms with Crippen molar-refractivity contribution in [1.82, 2.24) is 0 Å². The fourth-order valence-corrected chi connectivity index (χ4v) is 6.56. The minimum absolute atomic E-state index is 0.0550. The van der Waals surface area contributed by atoms with Crippen molar-refractivity contribution in [2.75, 3.05) is 19.8 Å². The van der Waals surface area contributed by atoms with Gasteiger partial charge in [-0.25, -0.2) is 4.79 Å². The van der Waals surface area contributed by atoms with Gasteiger partial charge >= 0.3 is 5.63 Å². The number of carbonyl (C=O) groups excluding carboxylic acids is 1. The fourth-order valence-electron chi connectivity index (χ4n) is 6.56. The van der Waals surface area contributed by atoms with Crippen molar-refractivity contribution in [3.8, 4) is 11.5 Å². The molecule has 0 N–H and O–H groups in total. The summed E-state index contributed by atoms with van der Waals surface area (Å²) >= 11 is 0. The predicted molar refractivity (Wildman–Crippen MR) is 144 cm³/mol. The Labute approximate surface area is 220 Å². The zero-order valence-electron chi connectivity index (χ0n) is 22.5. The van der Waals surface area contributed by atoms with Gasteiger partial charge < -0.3 is 18.6 Å². The van der Waals surface area contributed by atoms with Crippen molar-refractivity contribution >= 4 is 16.8 Å². The van der Waals surface area contributed by atoms with Gasteiger partial charge in [-0.3, -0.25) is 4.79 Å². The Balaban J connectivity index is 1.32. The lowest BCUT2D eigenvalue weighted by molar-refractivity contribution is -0.118. The highest BCUT2D eigenvalue weighted by Crippen LogP contribution is 2.54. The minimum Gasteiger partial charge on any atom is -0.493 e. The van der Waals surface area contributed by atoms with E-state index in [2.05, 4.69) is 13.8 Å². The fraction of sp³-hybridized carbons (Fsp3) is 0.677. The number of ether oxygens (including phenoxy) is 3. The molecule has 5 rings (SSSR count). The van der Waals surface area contributed by atoms with Gasteiger partial charge in [-0.2, -0.15) is 0 Å². The average Bonchev–Trinajstić information content (AvgIpc) is 3.59. The molecule has 2 fully saturated rings. The third-order valence-corrected chi connectivity index (χ3v) is 8.62. The van der Waals surface area contributed by atoms with E-state index in [4.69, 9.17) is 18.6 Å². The molecule has 2 aromatic rings. The van der Waals surface area contributed by atoms with Crippen LogP contribution in [0.25, 0.3) is 11.0 Å². The van der Waals surface area contributed by atoms with E-state index in [-0.39, 0.29) is 23.9 Å². The molecule has 0 radical (unpaired) electrons. The van der Waals surface area contributed by atoms with Crippen LogP contribution in [0.15, 0.2) is 21.3 Å². The number of unbranched alkanes of at least 4 members (excludes halogenated alkanes) is 3. The van der Waals surface area contributed by atoms with Crippen LogP contribution in [0.3, 0.4) is 0 Å². The first-order valence-electron chi connectivity index (χ1n) is 14.6. The number of carbonyl (C=O) groups is 1. The number of rotatable bonds is 12. The van der Waals surface area contributed by atoms with Crippen LogP contribution in [0.5, 0.6) is 11.5 Å². The van der Waals surface area contributed by atoms with E-state index in [1.54, 1.807) is 6.07 Å². The number of fused-ring (bicyclic) bond motifs is 4. The lowest BCUT2D eigenvalue weighted by atomic mass is 9.89. The van der Waals surface area contributed by atoms with Crippen molar-refractivity contribution in [3.05, 3.63) is 33.7 Å². The molecule has 0 spiro atoms. The number of hydrogen-bond acceptors (Lipinski definition) is 6. The van der Waals surface area contributed by atoms with Gasteiger partial charge in [-0.1, -0.05) is 26.2 Å². The highest BCUT2D eigenvalue weighted by Gasteiger charge is 2.48. The van der Waals surface area contributed by atoms with Gasteiger partial charge in [0.05, 0.1) is 18.1 Å². The molecule has 2 aliphatic carbocycles. The molecule has 1 saturated heterocycles. The van der Waals surface area contributed by atoms with Crippen LogP contribution in [0.1, 0.15) is 89.2 Å². The highest BCUT2D eigenvalue weighted by molar-refractivity contribution is 5.94. The van der Waals surface area contributed by atoms with Gasteiger partial charge in [-0.15, -0.1) is 0 Å². The van der Waals surface area contributed by atoms with E-state index in [9.17, 15) is 9.59 Å². The second-order valence-electron chi connectivity index (χ2n) is 11.3. The molecule has 3 unspecified atom stereocenters. The van der Waals surface area contributed by atoms with Gasteiger partial charge in [0.2, 0.25) is 0 Å². The van der Waals surface area contributed by atoms with Crippen LogP contribution in [0.4, 0.5) is 0 Å². The maximum Gasteiger partial charge on any atom is 0.339 e. The highest BCUT2D eigenvalue weighted by atomic mass is 16.5. The average molecular weight is 511 g/mol. The Kier molecular flexibility index (Phi) is 8.53. The largest absolute Gasteiger partial charge is 0.493 e. The van der Waals surface area contributed by atoms with Crippen molar-refractivity contribution in [3.63, 3.8) is 0 Å². The Hall–Kier alpha value is -2.34. The summed E-state index contributed by atoms with van der Waals surface area (Å²) in [4.78, 5) is 25.1. The van der Waals surface area contributed by atoms with E-state index in [0.29, 0.717) is 42.1 Å². The molecule has 1 saturated carbocycles. The topological polar surface area (TPSA) is 75.0 Å². The molecule has 202 valence electrons. The summed E-state index contributed by atoms with van der Waals surface area (Å²) in [6.45, 7) is 6.70. The van der Waals surface area contributed by atoms with Gasteiger partial charge in [0.15, 0.2) is 0 Å². The normalized spacial score (nSPS) is 23.7. The summed E-state index contributed by atoms with van der Waals surface area (Å²) in [5, 5.41) is 0.763. The quantitative estimate of drug-likeness (QED) is 0.242. The number of Topliss-reactive ketones (excluding diaryl/α,β-unsaturated/α-hetero) is 1. The molecule has 6 nitrogen and oxygen atoms in total. The zero-order chi connectivity index (χ0) is 25.8. The Morgan fingerprint density at radius 1 is 1.00 bits per heavy atom. The molecule has 3 atom stereocenters. The molecule has 2 heterocycles. The Bertz CT molecular complexity index is 1140. The monoisotopic (exact) mass is 510 g/mol. The van der Waals surface area contributed by atoms with Crippen LogP contribution >= 0.6 is 0 Å². The van der Waals surface area contributed by atoms with Crippen LogP contribution in [-0.4, -0.2) is 31.7 Å². The first kappa shape index (κ1) is 26.3. The number of ketones is 1. The van der Waals surface area contributed by atoms with Gasteiger partial charge in [0.1, 0.15) is 22.9 Å². The molecule has 1 aromatic carbocycles. The van der Waals surface area contributed by atoms with Crippen molar-refractivity contribution in [2.45, 2.75) is 97.0 Å². The van der Waals surface area contributed by atoms with Gasteiger partial charge in [0, 0.05) is 43.8 Å². The van der Waals surface area contributed by atoms with E-state index in [1.165, 1.54) is 38.5 Å². The Morgan fingerprint density at radius 2 is 1.81 bits per heavy atom. The first-order chi connectivity index (χ1) is 18.0. The first-order valence-corrected chi connectivity index (χ1v) is 14.6. The summed E-state index contributed by atoms with van der Waals surface area (Å²) in [6, 6.07) is 3.73. The van der Waals surface area contributed by atoms with Crippen LogP contribution in [-0.2, 0) is 22.4 Å². The molecule has 3 aliphatic rings. The van der Waals surface area contributed by atoms with E-state index >= 15 is 0 Å². The molecule has 0 amide bonds. The smallest absolute Gasteiger partial charge is 0.339 e. The van der Waals surface area contributed by atoms with Crippen molar-refractivity contribution < 1.29 is 23.4 Å². The second kappa shape index (κ2) is 12.0. The maximum absolute atomic E-state index is 12.8. The van der Waals surface area contributed by atoms with Gasteiger partial charge in [-0.05, 0) is 75.2 Å². The van der Waals surface area contributed by atoms with Crippen molar-refractivity contribution in [2.24, 2.45) is 17.8 Å². The third-order valence-electron chi connectivity index (χ3n) is 8.62. The lowest BCUT2D eigenvalue weighted by Gasteiger charge is -2.20. The zero-order valence-corrected chi connectivity index (χ0v) is 22.5. The molecule has 1 aromatic heterocycles. The standard InChI is InChI=1S/C31H42O6/c1-3-4-5-6-8-20(2)36-22-18-28(35-14-7-9-23-24-12-15-34-16-13-25(23)24)30-27-17-21(32)10-11-26(27)31(33)37-29(30)19-22/h18-20,23-25H,3-17H2,1-2H3. The Morgan fingerprint density at radius 3 is 2.59 bits per heavy atom. The summed E-state index contributed by atoms with van der Waals surface area (Å²) in [6.07, 6.45) is 11.5. The maximum atomic E-state index is 12.8. The minimum atomic E-state index is -0.345. The lowest BCUT2D eigenvalue weighted by Crippen LogP contribution is -2.21. The molecular weight excluding hydrogens is 468 g/mol. The molecule has 6 heteroatoms. The van der Waals surface area contributed by atoms with E-state index < -0.39 is 0 Å². The van der Waals surface area contributed by atoms with E-state index in [0.717, 1.165) is 61.2 Å². The van der Waals surface area contributed by atoms with Crippen LogP contribution in [0.2, 0.25) is 0 Å². The molecule has 1 aliphatic heterocycles. The summed E-state index contributed by atoms with van der Waals surface area (Å²) in [5.41, 5.74) is 1.51. The predicted octanol–water partition coefficient (Wildman–Crippen LogP) is 6.42. The molecule has 0 bridgehead atoms. The van der Waals surface area contributed by atoms with Crippen LogP contribution in [0, 0.1) is 17.8 Å². The summed E-state index contributed by atoms with van der Waals surface area (Å²) < 4.78 is 24.0. The van der Waals surface area contributed by atoms with E-state index in [1.807, 2.05) is 6.07 Å². The SMILES string of the molecule is CCCCCCC(C)Oc1cc(OCCCC2C3CCOCCC23)c2c3c(c(=O)oc2c1)CCC(=O)C3. The van der Waals surface area contributed by atoms with Crippen molar-refractivity contribution in [1.29, 1.82) is 0 Å². The summed E-state index contributed by atoms with van der Waals surface area (Å²) in [5.74, 6) is 3.93. The van der Waals surface area contributed by atoms with Gasteiger partial charge in [0.25, 0.3) is 0 Å². The second-order valence-corrected chi connectivity index (χ2v) is 11.3. The molecule has 37 heavy (non-hydrogen) atoms. The summed E-state index contributed by atoms with van der Waals surface area (Å²) in [7, 11) is 0. The number of benzene rings is 1. The van der Waals surface area contributed by atoms with Crippen LogP contribution < -0.4 is 15.1 Å². The number of hydrogen-bond donors (Lipinski definition) is 0.